The monoisotopic (exact) mass is 262 g/mol. The number of hydrogen-bond acceptors (Lipinski definition) is 4. The second-order valence-electron chi connectivity index (χ2n) is 5.51. The summed E-state index contributed by atoms with van der Waals surface area (Å²) in [4.78, 5) is 0. The highest BCUT2D eigenvalue weighted by molar-refractivity contribution is 7.86. The lowest BCUT2D eigenvalue weighted by molar-refractivity contribution is 0.0804. The minimum Gasteiger partial charge on any atom is -0.360 e. The summed E-state index contributed by atoms with van der Waals surface area (Å²) in [5, 5.41) is 0. The van der Waals surface area contributed by atoms with E-state index in [-0.39, 0.29) is 17.3 Å². The Hall–Kier alpha value is -0.130. The zero-order chi connectivity index (χ0) is 12.7. The minimum atomic E-state index is -3.39. The summed E-state index contributed by atoms with van der Waals surface area (Å²) in [6, 6.07) is 0. The summed E-state index contributed by atoms with van der Waals surface area (Å²) in [7, 11) is -3.39. The molecule has 1 aliphatic heterocycles. The van der Waals surface area contributed by atoms with E-state index in [0.29, 0.717) is 0 Å². The molecule has 3 atom stereocenters. The molecular formula is C12H22O4S. The Kier molecular flexibility index (Phi) is 3.30. The average Bonchev–Trinajstić information content (AvgIpc) is 2.71. The van der Waals surface area contributed by atoms with Crippen LogP contribution < -0.4 is 0 Å². The lowest BCUT2D eigenvalue weighted by Crippen LogP contribution is -2.33. The molecule has 1 saturated heterocycles. The van der Waals surface area contributed by atoms with Crippen molar-refractivity contribution < 1.29 is 17.3 Å². The van der Waals surface area contributed by atoms with Crippen molar-refractivity contribution in [2.24, 2.45) is 0 Å². The molecule has 4 nitrogen and oxygen atoms in total. The van der Waals surface area contributed by atoms with E-state index in [0.717, 1.165) is 44.8 Å². The zero-order valence-corrected chi connectivity index (χ0v) is 11.7. The number of fused-ring (bicyclic) bond motifs is 1. The molecule has 100 valence electrons. The van der Waals surface area contributed by atoms with Crippen molar-refractivity contribution in [2.75, 3.05) is 6.26 Å². The van der Waals surface area contributed by atoms with Crippen LogP contribution in [0.25, 0.3) is 0 Å². The number of hydrogen-bond donors (Lipinski definition) is 0. The first kappa shape index (κ1) is 13.3. The molecule has 1 unspecified atom stereocenters. The summed E-state index contributed by atoms with van der Waals surface area (Å²) in [5.74, 6) is 0. The van der Waals surface area contributed by atoms with E-state index < -0.39 is 10.1 Å². The van der Waals surface area contributed by atoms with Gasteiger partial charge in [0.15, 0.2) is 0 Å². The topological polar surface area (TPSA) is 55.9 Å². The van der Waals surface area contributed by atoms with Gasteiger partial charge in [0.1, 0.15) is 11.7 Å². The standard InChI is InChI=1S/C12H22O4S/c1-4-5-6-8-12-10(15-17(3,13)14)7-9-11(12,2)16-12/h10H,4-9H2,1-3H3/t10?,11-,12+/m1/s1. The highest BCUT2D eigenvalue weighted by atomic mass is 32.2. The van der Waals surface area contributed by atoms with Crippen LogP contribution in [-0.4, -0.2) is 32.0 Å². The van der Waals surface area contributed by atoms with Crippen molar-refractivity contribution in [3.63, 3.8) is 0 Å². The Bertz CT molecular complexity index is 391. The van der Waals surface area contributed by atoms with Gasteiger partial charge in [-0.3, -0.25) is 4.18 Å². The van der Waals surface area contributed by atoms with Gasteiger partial charge in [0, 0.05) is 0 Å². The van der Waals surface area contributed by atoms with Crippen LogP contribution in [0.3, 0.4) is 0 Å². The summed E-state index contributed by atoms with van der Waals surface area (Å²) in [6.45, 7) is 4.23. The molecule has 1 saturated carbocycles. The van der Waals surface area contributed by atoms with Gasteiger partial charge < -0.3 is 4.74 Å². The van der Waals surface area contributed by atoms with Gasteiger partial charge in [-0.25, -0.2) is 0 Å². The van der Waals surface area contributed by atoms with Crippen LogP contribution in [0.15, 0.2) is 0 Å². The molecule has 1 aliphatic carbocycles. The summed E-state index contributed by atoms with van der Waals surface area (Å²) < 4.78 is 33.5. The van der Waals surface area contributed by atoms with Crippen molar-refractivity contribution in [1.29, 1.82) is 0 Å². The van der Waals surface area contributed by atoms with E-state index in [9.17, 15) is 8.42 Å². The van der Waals surface area contributed by atoms with Crippen LogP contribution >= 0.6 is 0 Å². The van der Waals surface area contributed by atoms with Gasteiger partial charge in [0.25, 0.3) is 10.1 Å². The van der Waals surface area contributed by atoms with E-state index in [1.54, 1.807) is 0 Å². The third kappa shape index (κ3) is 2.37. The van der Waals surface area contributed by atoms with Crippen molar-refractivity contribution in [3.8, 4) is 0 Å². The normalized spacial score (nSPS) is 40.3. The van der Waals surface area contributed by atoms with Crippen molar-refractivity contribution in [2.45, 2.75) is 69.7 Å². The van der Waals surface area contributed by atoms with Gasteiger partial charge in [-0.05, 0) is 26.2 Å². The van der Waals surface area contributed by atoms with Crippen LogP contribution in [0.4, 0.5) is 0 Å². The molecule has 0 aromatic rings. The smallest absolute Gasteiger partial charge is 0.264 e. The second kappa shape index (κ2) is 4.21. The Morgan fingerprint density at radius 3 is 2.65 bits per heavy atom. The van der Waals surface area contributed by atoms with Crippen LogP contribution in [0, 0.1) is 0 Å². The van der Waals surface area contributed by atoms with Gasteiger partial charge in [0.05, 0.1) is 11.9 Å². The SMILES string of the molecule is CCCCC[C@@]12O[C@]1(C)CCC2OS(C)(=O)=O. The second-order valence-corrected chi connectivity index (χ2v) is 7.11. The van der Waals surface area contributed by atoms with E-state index in [2.05, 4.69) is 13.8 Å². The molecule has 17 heavy (non-hydrogen) atoms. The number of unbranched alkanes of at least 4 members (excludes halogenated alkanes) is 2. The van der Waals surface area contributed by atoms with E-state index in [4.69, 9.17) is 8.92 Å². The number of rotatable bonds is 6. The highest BCUT2D eigenvalue weighted by Gasteiger charge is 2.74. The molecule has 0 bridgehead atoms. The minimum absolute atomic E-state index is 0.143. The molecule has 0 aromatic heterocycles. The molecule has 0 N–H and O–H groups in total. The Morgan fingerprint density at radius 2 is 2.12 bits per heavy atom. The predicted octanol–water partition coefficient (Wildman–Crippen LogP) is 2.23. The molecular weight excluding hydrogens is 240 g/mol. The lowest BCUT2D eigenvalue weighted by Gasteiger charge is -2.19. The first-order valence-corrected chi connectivity index (χ1v) is 8.23. The molecule has 2 rings (SSSR count). The Labute approximate surface area is 104 Å². The zero-order valence-electron chi connectivity index (χ0n) is 10.9. The molecule has 0 aromatic carbocycles. The van der Waals surface area contributed by atoms with Gasteiger partial charge in [-0.15, -0.1) is 0 Å². The van der Waals surface area contributed by atoms with Gasteiger partial charge in [-0.2, -0.15) is 8.42 Å². The van der Waals surface area contributed by atoms with Crippen LogP contribution in [0.1, 0.15) is 52.4 Å². The summed E-state index contributed by atoms with van der Waals surface area (Å²) in [5.41, 5.74) is -0.471. The fraction of sp³-hybridized carbons (Fsp3) is 1.00. The van der Waals surface area contributed by atoms with E-state index in [1.807, 2.05) is 0 Å². The highest BCUT2D eigenvalue weighted by Crippen LogP contribution is 2.62. The molecule has 0 spiro atoms. The lowest BCUT2D eigenvalue weighted by atomic mass is 9.91. The van der Waals surface area contributed by atoms with E-state index >= 15 is 0 Å². The third-order valence-corrected chi connectivity index (χ3v) is 4.69. The molecule has 0 amide bonds. The fourth-order valence-corrected chi connectivity index (χ4v) is 3.81. The van der Waals surface area contributed by atoms with Crippen LogP contribution in [0.2, 0.25) is 0 Å². The maximum atomic E-state index is 11.3. The molecule has 5 heteroatoms. The number of epoxide rings is 1. The third-order valence-electron chi connectivity index (χ3n) is 4.11. The van der Waals surface area contributed by atoms with Gasteiger partial charge in [0.2, 0.25) is 0 Å². The largest absolute Gasteiger partial charge is 0.360 e. The fourth-order valence-electron chi connectivity index (χ4n) is 3.14. The van der Waals surface area contributed by atoms with E-state index in [1.165, 1.54) is 0 Å². The first-order valence-electron chi connectivity index (χ1n) is 6.41. The molecule has 2 fully saturated rings. The Morgan fingerprint density at radius 1 is 1.41 bits per heavy atom. The summed E-state index contributed by atoms with van der Waals surface area (Å²) in [6.07, 6.45) is 6.84. The van der Waals surface area contributed by atoms with Crippen LogP contribution in [-0.2, 0) is 19.0 Å². The van der Waals surface area contributed by atoms with Crippen molar-refractivity contribution in [3.05, 3.63) is 0 Å². The summed E-state index contributed by atoms with van der Waals surface area (Å²) >= 11 is 0. The van der Waals surface area contributed by atoms with Gasteiger partial charge in [-0.1, -0.05) is 26.2 Å². The van der Waals surface area contributed by atoms with Gasteiger partial charge >= 0.3 is 0 Å². The van der Waals surface area contributed by atoms with Crippen molar-refractivity contribution >= 4 is 10.1 Å². The average molecular weight is 262 g/mol. The quantitative estimate of drug-likeness (QED) is 0.418. The predicted molar refractivity (Wildman–Crippen MR) is 65.3 cm³/mol. The maximum Gasteiger partial charge on any atom is 0.264 e. The Balaban J connectivity index is 2.03. The van der Waals surface area contributed by atoms with Crippen molar-refractivity contribution in [1.82, 2.24) is 0 Å². The number of ether oxygens (including phenoxy) is 1. The molecule has 1 heterocycles. The molecule has 0 radical (unpaired) electrons. The molecule has 2 aliphatic rings. The maximum absolute atomic E-state index is 11.3. The first-order chi connectivity index (χ1) is 7.83. The van der Waals surface area contributed by atoms with Crippen LogP contribution in [0.5, 0.6) is 0 Å².